The Morgan fingerprint density at radius 1 is 1.40 bits per heavy atom. The van der Waals surface area contributed by atoms with Gasteiger partial charge in [-0.3, -0.25) is 0 Å². The van der Waals surface area contributed by atoms with Crippen LogP contribution in [0.5, 0.6) is 11.6 Å². The van der Waals surface area contributed by atoms with Crippen molar-refractivity contribution in [3.05, 3.63) is 17.8 Å². The van der Waals surface area contributed by atoms with Crippen LogP contribution in [-0.4, -0.2) is 29.3 Å². The van der Waals surface area contributed by atoms with Crippen LogP contribution >= 0.6 is 0 Å². The Hall–Kier alpha value is -1.78. The Bertz CT molecular complexity index is 327. The van der Waals surface area contributed by atoms with Gasteiger partial charge in [-0.05, 0) is 19.9 Å². The van der Waals surface area contributed by atoms with Crippen LogP contribution in [0.2, 0.25) is 0 Å². The molecule has 1 N–H and O–H groups in total. The lowest BCUT2D eigenvalue weighted by Gasteiger charge is -2.10. The van der Waals surface area contributed by atoms with E-state index in [0.29, 0.717) is 13.2 Å². The van der Waals surface area contributed by atoms with Crippen LogP contribution < -0.4 is 9.47 Å². The number of aromatic nitrogens is 1. The first-order valence-corrected chi connectivity index (χ1v) is 4.68. The predicted molar refractivity (Wildman–Crippen MR) is 53.5 cm³/mol. The van der Waals surface area contributed by atoms with Crippen LogP contribution in [0.3, 0.4) is 0 Å². The second kappa shape index (κ2) is 5.19. The van der Waals surface area contributed by atoms with Crippen molar-refractivity contribution in [1.29, 1.82) is 0 Å². The van der Waals surface area contributed by atoms with Crippen molar-refractivity contribution in [3.8, 4) is 11.6 Å². The molecule has 0 bridgehead atoms. The number of rotatable bonds is 5. The molecule has 0 fully saturated rings. The molecule has 0 aliphatic rings. The lowest BCUT2D eigenvalue weighted by Crippen LogP contribution is -2.08. The van der Waals surface area contributed by atoms with Crippen LogP contribution in [0, 0.1) is 0 Å². The molecule has 82 valence electrons. The van der Waals surface area contributed by atoms with Crippen LogP contribution in [-0.2, 0) is 0 Å². The smallest absolute Gasteiger partial charge is 0.345 e. The average molecular weight is 211 g/mol. The number of carboxylic acids is 1. The number of nitrogens with zero attached hydrogens (tertiary/aromatic N) is 1. The molecule has 1 heterocycles. The molecule has 0 spiro atoms. The third-order valence-electron chi connectivity index (χ3n) is 1.67. The summed E-state index contributed by atoms with van der Waals surface area (Å²) in [4.78, 5) is 14.8. The maximum Gasteiger partial charge on any atom is 0.345 e. The topological polar surface area (TPSA) is 68.7 Å². The summed E-state index contributed by atoms with van der Waals surface area (Å²) in [6, 6.07) is 1.51. The van der Waals surface area contributed by atoms with E-state index in [1.54, 1.807) is 13.8 Å². The first-order chi connectivity index (χ1) is 7.20. The van der Waals surface area contributed by atoms with E-state index < -0.39 is 5.97 Å². The normalized spacial score (nSPS) is 9.73. The van der Waals surface area contributed by atoms with Gasteiger partial charge in [0.25, 0.3) is 0 Å². The summed E-state index contributed by atoms with van der Waals surface area (Å²) in [6.45, 7) is 4.31. The van der Waals surface area contributed by atoms with Gasteiger partial charge < -0.3 is 14.6 Å². The highest BCUT2D eigenvalue weighted by atomic mass is 16.5. The molecule has 1 aromatic rings. The molecule has 5 heteroatoms. The van der Waals surface area contributed by atoms with E-state index in [0.717, 1.165) is 0 Å². The number of ether oxygens (including phenoxy) is 2. The molecule has 5 nitrogen and oxygen atoms in total. The Morgan fingerprint density at radius 2 is 2.07 bits per heavy atom. The summed E-state index contributed by atoms with van der Waals surface area (Å²) >= 11 is 0. The molecule has 0 radical (unpaired) electrons. The Kier molecular flexibility index (Phi) is 3.91. The number of carbonyl (C=O) groups is 1. The van der Waals surface area contributed by atoms with Gasteiger partial charge in [0, 0.05) is 6.20 Å². The largest absolute Gasteiger partial charge is 0.493 e. The second-order valence-electron chi connectivity index (χ2n) is 2.66. The Balaban J connectivity index is 3.15. The highest BCUT2D eigenvalue weighted by Gasteiger charge is 2.18. The van der Waals surface area contributed by atoms with Crippen LogP contribution in [0.1, 0.15) is 24.2 Å². The third kappa shape index (κ3) is 2.59. The Labute approximate surface area is 87.7 Å². The lowest BCUT2D eigenvalue weighted by atomic mass is 10.2. The summed E-state index contributed by atoms with van der Waals surface area (Å²) in [6.07, 6.45) is 1.46. The average Bonchev–Trinajstić information content (AvgIpc) is 2.18. The molecule has 0 saturated heterocycles. The highest BCUT2D eigenvalue weighted by Crippen LogP contribution is 2.26. The molecule has 0 saturated carbocycles. The van der Waals surface area contributed by atoms with E-state index in [-0.39, 0.29) is 17.2 Å². The molecule has 0 unspecified atom stereocenters. The van der Waals surface area contributed by atoms with Crippen molar-refractivity contribution >= 4 is 5.97 Å². The third-order valence-corrected chi connectivity index (χ3v) is 1.67. The summed E-state index contributed by atoms with van der Waals surface area (Å²) in [7, 11) is 0. The number of hydrogen-bond donors (Lipinski definition) is 1. The number of carboxylic acid groups (broad SMARTS) is 1. The zero-order valence-corrected chi connectivity index (χ0v) is 8.69. The number of aromatic carboxylic acids is 1. The zero-order chi connectivity index (χ0) is 11.3. The monoisotopic (exact) mass is 211 g/mol. The summed E-state index contributed by atoms with van der Waals surface area (Å²) in [5.74, 6) is -0.727. The van der Waals surface area contributed by atoms with Crippen molar-refractivity contribution in [2.24, 2.45) is 0 Å². The fraction of sp³-hybridized carbons (Fsp3) is 0.400. The van der Waals surface area contributed by atoms with E-state index in [9.17, 15) is 4.79 Å². The van der Waals surface area contributed by atoms with Gasteiger partial charge in [0.15, 0.2) is 5.56 Å². The fourth-order valence-corrected chi connectivity index (χ4v) is 1.14. The minimum absolute atomic E-state index is 0.0267. The van der Waals surface area contributed by atoms with Gasteiger partial charge in [-0.25, -0.2) is 9.78 Å². The first kappa shape index (κ1) is 11.3. The minimum atomic E-state index is -1.10. The van der Waals surface area contributed by atoms with E-state index in [2.05, 4.69) is 4.98 Å². The van der Waals surface area contributed by atoms with Crippen molar-refractivity contribution in [2.75, 3.05) is 13.2 Å². The first-order valence-electron chi connectivity index (χ1n) is 4.68. The van der Waals surface area contributed by atoms with E-state index >= 15 is 0 Å². The van der Waals surface area contributed by atoms with Crippen LogP contribution in [0.15, 0.2) is 12.3 Å². The predicted octanol–water partition coefficient (Wildman–Crippen LogP) is 1.58. The van der Waals surface area contributed by atoms with Gasteiger partial charge in [-0.15, -0.1) is 0 Å². The van der Waals surface area contributed by atoms with Crippen LogP contribution in [0.4, 0.5) is 0 Å². The molecule has 0 amide bonds. The van der Waals surface area contributed by atoms with Crippen molar-refractivity contribution in [3.63, 3.8) is 0 Å². The fourth-order valence-electron chi connectivity index (χ4n) is 1.14. The molecule has 0 aliphatic carbocycles. The van der Waals surface area contributed by atoms with Gasteiger partial charge >= 0.3 is 5.97 Å². The molecule has 1 aromatic heterocycles. The van der Waals surface area contributed by atoms with Gasteiger partial charge in [0.05, 0.1) is 13.2 Å². The second-order valence-corrected chi connectivity index (χ2v) is 2.66. The summed E-state index contributed by atoms with van der Waals surface area (Å²) in [5.41, 5.74) is -0.0267. The molecule has 15 heavy (non-hydrogen) atoms. The highest BCUT2D eigenvalue weighted by molar-refractivity contribution is 5.93. The van der Waals surface area contributed by atoms with Crippen LogP contribution in [0.25, 0.3) is 0 Å². The van der Waals surface area contributed by atoms with Crippen molar-refractivity contribution in [1.82, 2.24) is 4.98 Å². The van der Waals surface area contributed by atoms with E-state index in [1.165, 1.54) is 12.3 Å². The van der Waals surface area contributed by atoms with E-state index in [1.807, 2.05) is 0 Å². The van der Waals surface area contributed by atoms with Gasteiger partial charge in [0.1, 0.15) is 5.75 Å². The number of pyridine rings is 1. The maximum atomic E-state index is 11.0. The van der Waals surface area contributed by atoms with Gasteiger partial charge in [-0.2, -0.15) is 0 Å². The molecule has 1 rings (SSSR count). The molecular weight excluding hydrogens is 198 g/mol. The maximum absolute atomic E-state index is 11.0. The van der Waals surface area contributed by atoms with Crippen molar-refractivity contribution in [2.45, 2.75) is 13.8 Å². The summed E-state index contributed by atoms with van der Waals surface area (Å²) in [5, 5.41) is 9.00. The molecule has 0 aromatic carbocycles. The van der Waals surface area contributed by atoms with Gasteiger partial charge in [-0.1, -0.05) is 0 Å². The molecular formula is C10H13NO4. The standard InChI is InChI=1S/C10H13NO4/c1-3-14-7-5-6-11-9(15-4-2)8(7)10(12)13/h5-6H,3-4H2,1-2H3,(H,12,13). The molecule has 0 atom stereocenters. The lowest BCUT2D eigenvalue weighted by molar-refractivity contribution is 0.0686. The zero-order valence-electron chi connectivity index (χ0n) is 8.69. The molecule has 0 aliphatic heterocycles. The SMILES string of the molecule is CCOc1ccnc(OCC)c1C(=O)O. The minimum Gasteiger partial charge on any atom is -0.493 e. The number of hydrogen-bond acceptors (Lipinski definition) is 4. The quantitative estimate of drug-likeness (QED) is 0.800. The Morgan fingerprint density at radius 3 is 2.60 bits per heavy atom. The summed E-state index contributed by atoms with van der Waals surface area (Å²) < 4.78 is 10.3. The van der Waals surface area contributed by atoms with Gasteiger partial charge in [0.2, 0.25) is 5.88 Å². The van der Waals surface area contributed by atoms with Crippen molar-refractivity contribution < 1.29 is 19.4 Å². The van der Waals surface area contributed by atoms with E-state index in [4.69, 9.17) is 14.6 Å².